The summed E-state index contributed by atoms with van der Waals surface area (Å²) in [5, 5.41) is 104. The molecule has 0 unspecified atom stereocenters. The smallest absolute Gasteiger partial charge is 0.330 e. The third kappa shape index (κ3) is 25.7. The van der Waals surface area contributed by atoms with Crippen LogP contribution >= 0.6 is 0 Å². The van der Waals surface area contributed by atoms with Gasteiger partial charge in [-0.2, -0.15) is 0 Å². The topological polar surface area (TPSA) is 303 Å². The van der Waals surface area contributed by atoms with Gasteiger partial charge in [0.2, 0.25) is 0 Å². The normalized spacial score (nSPS) is 10.6. The molecule has 44 heavy (non-hydrogen) atoms. The molecule has 0 aromatic heterocycles. The van der Waals surface area contributed by atoms with Crippen molar-refractivity contribution in [3.8, 4) is 0 Å². The van der Waals surface area contributed by atoms with Gasteiger partial charge in [-0.1, -0.05) is 26.7 Å². The molecule has 0 rings (SSSR count). The highest BCUT2D eigenvalue weighted by Crippen LogP contribution is 2.20. The SMILES string of the molecule is C=C(C)C(=O)O.C=C(C)C(=O)O.C=C(C)C(=O)O.CCC(CO)(CO)CO.OCC(CO)(CO)COCC(CO)(CO)CO. The molecule has 262 valence electrons. The number of carboxylic acid groups (broad SMARTS) is 3. The summed E-state index contributed by atoms with van der Waals surface area (Å²) in [4.78, 5) is 28.8. The molecular weight excluding hydrogens is 592 g/mol. The van der Waals surface area contributed by atoms with Gasteiger partial charge in [0.1, 0.15) is 0 Å². The van der Waals surface area contributed by atoms with Crippen LogP contribution in [0.25, 0.3) is 0 Å². The van der Waals surface area contributed by atoms with Crippen molar-refractivity contribution >= 4 is 17.9 Å². The third-order valence-corrected chi connectivity index (χ3v) is 5.68. The van der Waals surface area contributed by atoms with Gasteiger partial charge in [-0.25, -0.2) is 14.4 Å². The number of aliphatic carboxylic acids is 3. The first-order valence-electron chi connectivity index (χ1n) is 13.0. The molecule has 16 nitrogen and oxygen atoms in total. The zero-order chi connectivity index (χ0) is 36.2. The summed E-state index contributed by atoms with van der Waals surface area (Å²) in [6, 6.07) is 0. The van der Waals surface area contributed by atoms with E-state index in [2.05, 4.69) is 19.7 Å². The summed E-state index contributed by atoms with van der Waals surface area (Å²) in [5.41, 5.74) is -2.46. The van der Waals surface area contributed by atoms with Crippen LogP contribution in [0.5, 0.6) is 0 Å². The molecule has 0 radical (unpaired) electrons. The molecule has 0 fully saturated rings. The molecule has 16 heteroatoms. The van der Waals surface area contributed by atoms with Crippen LogP contribution in [-0.4, -0.2) is 152 Å². The highest BCUT2D eigenvalue weighted by molar-refractivity contribution is 5.85. The van der Waals surface area contributed by atoms with E-state index in [1.54, 1.807) is 0 Å². The fourth-order valence-electron chi connectivity index (χ4n) is 1.54. The first-order valence-corrected chi connectivity index (χ1v) is 13.0. The van der Waals surface area contributed by atoms with Gasteiger partial charge in [0.25, 0.3) is 0 Å². The monoisotopic (exact) mass is 646 g/mol. The second-order valence-corrected chi connectivity index (χ2v) is 10.0. The maximum Gasteiger partial charge on any atom is 0.330 e. The maximum atomic E-state index is 9.60. The summed E-state index contributed by atoms with van der Waals surface area (Å²) in [5.74, 6) is -2.81. The Bertz CT molecular complexity index is 665. The van der Waals surface area contributed by atoms with Crippen LogP contribution in [0.2, 0.25) is 0 Å². The molecule has 0 saturated heterocycles. The van der Waals surface area contributed by atoms with E-state index in [0.29, 0.717) is 6.42 Å². The molecule has 0 aliphatic rings. The van der Waals surface area contributed by atoms with Crippen molar-refractivity contribution < 1.29 is 80.4 Å². The van der Waals surface area contributed by atoms with Crippen LogP contribution in [0.15, 0.2) is 36.5 Å². The van der Waals surface area contributed by atoms with Crippen LogP contribution in [0, 0.1) is 16.2 Å². The van der Waals surface area contributed by atoms with Gasteiger partial charge in [-0.05, 0) is 27.2 Å². The molecule has 0 atom stereocenters. The standard InChI is InChI=1S/C10H22O7.C6H14O3.3C4H6O2/c11-1-9(2-12,3-13)7-17-8-10(4-14,5-15)6-16;1-2-6(3-7,4-8)5-9;3*1-3(2)4(5)6/h11-16H,1-8H2;7-9H,2-5H2,1H3;3*1H2,2H3,(H,5,6). The van der Waals surface area contributed by atoms with Crippen molar-refractivity contribution in [1.82, 2.24) is 0 Å². The second kappa shape index (κ2) is 29.0. The van der Waals surface area contributed by atoms with Gasteiger partial charge in [-0.15, -0.1) is 0 Å². The summed E-state index contributed by atoms with van der Waals surface area (Å²) in [7, 11) is 0. The van der Waals surface area contributed by atoms with Crippen molar-refractivity contribution in [1.29, 1.82) is 0 Å². The van der Waals surface area contributed by atoms with Crippen LogP contribution in [-0.2, 0) is 19.1 Å². The number of aliphatic hydroxyl groups is 9. The number of ether oxygens (including phenoxy) is 1. The first-order chi connectivity index (χ1) is 20.2. The zero-order valence-electron chi connectivity index (χ0n) is 26.1. The highest BCUT2D eigenvalue weighted by atomic mass is 16.5. The Kier molecular flexibility index (Phi) is 33.5. The molecule has 0 aromatic rings. The molecule has 12 N–H and O–H groups in total. The van der Waals surface area contributed by atoms with Gasteiger partial charge < -0.3 is 66.0 Å². The summed E-state index contributed by atoms with van der Waals surface area (Å²) >= 11 is 0. The molecule has 0 aromatic carbocycles. The minimum Gasteiger partial charge on any atom is -0.478 e. The van der Waals surface area contributed by atoms with E-state index in [1.165, 1.54) is 20.8 Å². The molecule has 0 saturated carbocycles. The Morgan fingerprint density at radius 1 is 0.477 bits per heavy atom. The van der Waals surface area contributed by atoms with Gasteiger partial charge in [0, 0.05) is 22.1 Å². The van der Waals surface area contributed by atoms with E-state index in [4.69, 9.17) is 66.0 Å². The van der Waals surface area contributed by atoms with Gasteiger partial charge in [0.05, 0.1) is 83.5 Å². The van der Waals surface area contributed by atoms with E-state index in [9.17, 15) is 14.4 Å². The second-order valence-electron chi connectivity index (χ2n) is 10.0. The fourth-order valence-corrected chi connectivity index (χ4v) is 1.54. The number of hydrogen-bond acceptors (Lipinski definition) is 13. The largest absolute Gasteiger partial charge is 0.478 e. The minimum atomic E-state index is -1.16. The minimum absolute atomic E-state index is 0.141. The predicted molar refractivity (Wildman–Crippen MR) is 160 cm³/mol. The lowest BCUT2D eigenvalue weighted by Crippen LogP contribution is -2.43. The van der Waals surface area contributed by atoms with E-state index < -0.39 is 73.8 Å². The van der Waals surface area contributed by atoms with E-state index in [-0.39, 0.29) is 49.8 Å². The lowest BCUT2D eigenvalue weighted by molar-refractivity contribution is -0.133. The lowest BCUT2D eigenvalue weighted by atomic mass is 9.88. The van der Waals surface area contributed by atoms with E-state index in [1.807, 2.05) is 6.92 Å². The predicted octanol–water partition coefficient (Wildman–Crippen LogP) is -1.77. The zero-order valence-corrected chi connectivity index (χ0v) is 26.1. The molecule has 0 amide bonds. The Hall–Kier alpha value is -2.77. The molecule has 0 heterocycles. The third-order valence-electron chi connectivity index (χ3n) is 5.68. The maximum absolute atomic E-state index is 9.60. The van der Waals surface area contributed by atoms with E-state index >= 15 is 0 Å². The number of carboxylic acids is 3. The number of aliphatic hydroxyl groups excluding tert-OH is 9. The van der Waals surface area contributed by atoms with Gasteiger partial charge >= 0.3 is 17.9 Å². The Morgan fingerprint density at radius 3 is 0.705 bits per heavy atom. The molecule has 0 spiro atoms. The van der Waals surface area contributed by atoms with Gasteiger partial charge in [0.15, 0.2) is 0 Å². The Balaban J connectivity index is -0.000000158. The number of carbonyl (C=O) groups is 3. The van der Waals surface area contributed by atoms with Crippen molar-refractivity contribution in [3.63, 3.8) is 0 Å². The summed E-state index contributed by atoms with van der Waals surface area (Å²) in [6.45, 7) is 12.2. The lowest BCUT2D eigenvalue weighted by Gasteiger charge is -2.31. The van der Waals surface area contributed by atoms with Crippen LogP contribution in [0.1, 0.15) is 34.1 Å². The van der Waals surface area contributed by atoms with Crippen LogP contribution < -0.4 is 0 Å². The van der Waals surface area contributed by atoms with E-state index in [0.717, 1.165) is 0 Å². The summed E-state index contributed by atoms with van der Waals surface area (Å²) in [6.07, 6.45) is 0.594. The van der Waals surface area contributed by atoms with Crippen LogP contribution in [0.4, 0.5) is 0 Å². The number of hydrogen-bond donors (Lipinski definition) is 12. The molecular formula is C28H54O16. The van der Waals surface area contributed by atoms with Crippen molar-refractivity contribution in [2.45, 2.75) is 34.1 Å². The first kappa shape index (κ1) is 50.8. The van der Waals surface area contributed by atoms with Crippen LogP contribution in [0.3, 0.4) is 0 Å². The Labute approximate surface area is 258 Å². The average molecular weight is 647 g/mol. The van der Waals surface area contributed by atoms with Crippen molar-refractivity contribution in [2.75, 3.05) is 72.7 Å². The summed E-state index contributed by atoms with van der Waals surface area (Å²) < 4.78 is 5.15. The fraction of sp³-hybridized carbons (Fsp3) is 0.679. The van der Waals surface area contributed by atoms with Crippen molar-refractivity contribution in [3.05, 3.63) is 36.5 Å². The highest BCUT2D eigenvalue weighted by Gasteiger charge is 2.32. The molecule has 0 bridgehead atoms. The molecule has 0 aliphatic heterocycles. The van der Waals surface area contributed by atoms with Gasteiger partial charge in [-0.3, -0.25) is 0 Å². The Morgan fingerprint density at radius 2 is 0.636 bits per heavy atom. The van der Waals surface area contributed by atoms with Crippen molar-refractivity contribution in [2.24, 2.45) is 16.2 Å². The quantitative estimate of drug-likeness (QED) is 0.0778. The average Bonchev–Trinajstić information content (AvgIpc) is 3.00. The number of rotatable bonds is 17. The molecule has 0 aliphatic carbocycles.